The summed E-state index contributed by atoms with van der Waals surface area (Å²) in [4.78, 5) is 0. The summed E-state index contributed by atoms with van der Waals surface area (Å²) in [7, 11) is 1.75. The number of nitrogens with two attached hydrogens (primary N) is 1. The fourth-order valence-electron chi connectivity index (χ4n) is 2.49. The van der Waals surface area contributed by atoms with Gasteiger partial charge >= 0.3 is 0 Å². The van der Waals surface area contributed by atoms with Crippen LogP contribution in [0.2, 0.25) is 0 Å². The van der Waals surface area contributed by atoms with E-state index in [1.54, 1.807) is 7.11 Å². The molecule has 1 atom stereocenters. The summed E-state index contributed by atoms with van der Waals surface area (Å²) in [5, 5.41) is 0. The van der Waals surface area contributed by atoms with Crippen molar-refractivity contribution in [3.63, 3.8) is 0 Å². The number of aromatic nitrogens is 1. The fraction of sp³-hybridized carbons (Fsp3) is 0.667. The van der Waals surface area contributed by atoms with Gasteiger partial charge in [-0.3, -0.25) is 0 Å². The van der Waals surface area contributed by atoms with Gasteiger partial charge in [-0.05, 0) is 37.8 Å². The first-order valence-electron chi connectivity index (χ1n) is 5.67. The smallest absolute Gasteiger partial charge is 0.0641 e. The molecule has 1 unspecified atom stereocenters. The van der Waals surface area contributed by atoms with E-state index < -0.39 is 0 Å². The predicted octanol–water partition coefficient (Wildman–Crippen LogP) is 1.78. The predicted molar refractivity (Wildman–Crippen MR) is 60.9 cm³/mol. The number of hydrogen-bond acceptors (Lipinski definition) is 2. The molecule has 0 saturated heterocycles. The number of rotatable bonds is 3. The second-order valence-electron chi connectivity index (χ2n) is 4.33. The van der Waals surface area contributed by atoms with Gasteiger partial charge < -0.3 is 15.0 Å². The minimum atomic E-state index is 0.247. The van der Waals surface area contributed by atoms with Crippen molar-refractivity contribution < 1.29 is 4.74 Å². The average molecular weight is 208 g/mol. The molecule has 1 aromatic heterocycles. The number of nitrogens with zero attached hydrogens (tertiary/aromatic N) is 1. The van der Waals surface area contributed by atoms with Crippen LogP contribution in [0.4, 0.5) is 0 Å². The van der Waals surface area contributed by atoms with Crippen molar-refractivity contribution in [2.75, 3.05) is 13.7 Å². The van der Waals surface area contributed by atoms with Crippen LogP contribution < -0.4 is 5.73 Å². The molecule has 3 heteroatoms. The Morgan fingerprint density at radius 1 is 1.60 bits per heavy atom. The molecule has 1 aliphatic rings. The molecule has 2 rings (SSSR count). The molecule has 1 heterocycles. The molecule has 0 radical (unpaired) electrons. The normalized spacial score (nSPS) is 20.3. The van der Waals surface area contributed by atoms with Crippen LogP contribution in [0, 0.1) is 6.92 Å². The zero-order chi connectivity index (χ0) is 10.8. The third kappa shape index (κ3) is 1.94. The van der Waals surface area contributed by atoms with Crippen LogP contribution in [0.25, 0.3) is 0 Å². The first kappa shape index (κ1) is 10.7. The molecular formula is C12H20N2O. The summed E-state index contributed by atoms with van der Waals surface area (Å²) >= 11 is 0. The van der Waals surface area contributed by atoms with Crippen molar-refractivity contribution in [1.82, 2.24) is 4.57 Å². The standard InChI is InChI=1S/C12H20N2O/c1-9-8-10-11(13)4-3-5-12(10)14(9)6-7-15-2/h8,11H,3-7,13H2,1-2H3. The van der Waals surface area contributed by atoms with Crippen molar-refractivity contribution in [3.05, 3.63) is 23.0 Å². The van der Waals surface area contributed by atoms with Crippen LogP contribution in [0.15, 0.2) is 6.07 Å². The Morgan fingerprint density at radius 3 is 3.13 bits per heavy atom. The van der Waals surface area contributed by atoms with Crippen molar-refractivity contribution in [2.24, 2.45) is 5.73 Å². The van der Waals surface area contributed by atoms with Gasteiger partial charge in [-0.1, -0.05) is 0 Å². The lowest BCUT2D eigenvalue weighted by molar-refractivity contribution is 0.185. The van der Waals surface area contributed by atoms with Crippen LogP contribution in [-0.4, -0.2) is 18.3 Å². The van der Waals surface area contributed by atoms with Gasteiger partial charge in [0.05, 0.1) is 6.61 Å². The molecule has 15 heavy (non-hydrogen) atoms. The molecule has 0 bridgehead atoms. The monoisotopic (exact) mass is 208 g/mol. The minimum absolute atomic E-state index is 0.247. The highest BCUT2D eigenvalue weighted by atomic mass is 16.5. The van der Waals surface area contributed by atoms with E-state index in [1.807, 2.05) is 0 Å². The summed E-state index contributed by atoms with van der Waals surface area (Å²) < 4.78 is 7.49. The van der Waals surface area contributed by atoms with Crippen molar-refractivity contribution in [2.45, 2.75) is 38.8 Å². The summed E-state index contributed by atoms with van der Waals surface area (Å²) in [6.45, 7) is 3.88. The van der Waals surface area contributed by atoms with Crippen LogP contribution >= 0.6 is 0 Å². The van der Waals surface area contributed by atoms with Crippen LogP contribution in [0.5, 0.6) is 0 Å². The lowest BCUT2D eigenvalue weighted by Gasteiger charge is -2.21. The quantitative estimate of drug-likeness (QED) is 0.822. The fourth-order valence-corrected chi connectivity index (χ4v) is 2.49. The first-order valence-corrected chi connectivity index (χ1v) is 5.67. The molecule has 0 saturated carbocycles. The van der Waals surface area contributed by atoms with E-state index in [1.165, 1.54) is 29.8 Å². The van der Waals surface area contributed by atoms with Gasteiger partial charge in [-0.2, -0.15) is 0 Å². The topological polar surface area (TPSA) is 40.2 Å². The van der Waals surface area contributed by atoms with E-state index in [0.717, 1.165) is 19.6 Å². The summed E-state index contributed by atoms with van der Waals surface area (Å²) in [5.74, 6) is 0. The van der Waals surface area contributed by atoms with Crippen LogP contribution in [0.1, 0.15) is 35.8 Å². The van der Waals surface area contributed by atoms with E-state index in [0.29, 0.717) is 0 Å². The second kappa shape index (κ2) is 4.37. The van der Waals surface area contributed by atoms with E-state index in [-0.39, 0.29) is 6.04 Å². The number of ether oxygens (including phenoxy) is 1. The molecule has 0 amide bonds. The SMILES string of the molecule is COCCn1c(C)cc2c1CCCC2N. The number of aryl methyl sites for hydroxylation is 1. The molecule has 1 aliphatic carbocycles. The minimum Gasteiger partial charge on any atom is -0.383 e. The zero-order valence-corrected chi connectivity index (χ0v) is 9.62. The average Bonchev–Trinajstić information content (AvgIpc) is 2.54. The van der Waals surface area contributed by atoms with Crippen molar-refractivity contribution in [1.29, 1.82) is 0 Å². The molecule has 1 aromatic rings. The van der Waals surface area contributed by atoms with E-state index in [2.05, 4.69) is 17.6 Å². The Hall–Kier alpha value is -0.800. The van der Waals surface area contributed by atoms with Crippen molar-refractivity contribution in [3.8, 4) is 0 Å². The maximum Gasteiger partial charge on any atom is 0.0641 e. The van der Waals surface area contributed by atoms with E-state index in [9.17, 15) is 0 Å². The summed E-state index contributed by atoms with van der Waals surface area (Å²) in [6.07, 6.45) is 3.51. The van der Waals surface area contributed by atoms with Gasteiger partial charge in [0, 0.05) is 31.1 Å². The van der Waals surface area contributed by atoms with E-state index >= 15 is 0 Å². The second-order valence-corrected chi connectivity index (χ2v) is 4.33. The Balaban J connectivity index is 2.29. The number of hydrogen-bond donors (Lipinski definition) is 1. The number of fused-ring (bicyclic) bond motifs is 1. The zero-order valence-electron chi connectivity index (χ0n) is 9.62. The van der Waals surface area contributed by atoms with Crippen molar-refractivity contribution >= 4 is 0 Å². The highest BCUT2D eigenvalue weighted by molar-refractivity contribution is 5.32. The Morgan fingerprint density at radius 2 is 2.40 bits per heavy atom. The molecule has 2 N–H and O–H groups in total. The molecule has 84 valence electrons. The van der Waals surface area contributed by atoms with Gasteiger partial charge in [0.25, 0.3) is 0 Å². The number of methoxy groups -OCH3 is 1. The lowest BCUT2D eigenvalue weighted by atomic mass is 9.93. The van der Waals surface area contributed by atoms with Gasteiger partial charge in [0.1, 0.15) is 0 Å². The summed E-state index contributed by atoms with van der Waals surface area (Å²) in [5.41, 5.74) is 10.2. The van der Waals surface area contributed by atoms with Gasteiger partial charge in [-0.15, -0.1) is 0 Å². The van der Waals surface area contributed by atoms with Crippen LogP contribution in [-0.2, 0) is 17.7 Å². The third-order valence-electron chi connectivity index (χ3n) is 3.30. The maximum absolute atomic E-state index is 6.11. The molecule has 0 fully saturated rings. The Kier molecular flexibility index (Phi) is 3.12. The molecule has 0 aliphatic heterocycles. The lowest BCUT2D eigenvalue weighted by Crippen LogP contribution is -2.19. The first-order chi connectivity index (χ1) is 7.24. The largest absolute Gasteiger partial charge is 0.383 e. The molecule has 3 nitrogen and oxygen atoms in total. The highest BCUT2D eigenvalue weighted by Gasteiger charge is 2.21. The molecular weight excluding hydrogens is 188 g/mol. The van der Waals surface area contributed by atoms with Gasteiger partial charge in [0.15, 0.2) is 0 Å². The molecule has 0 spiro atoms. The third-order valence-corrected chi connectivity index (χ3v) is 3.30. The molecule has 0 aromatic carbocycles. The Labute approximate surface area is 91.2 Å². The highest BCUT2D eigenvalue weighted by Crippen LogP contribution is 2.30. The van der Waals surface area contributed by atoms with Gasteiger partial charge in [-0.25, -0.2) is 0 Å². The van der Waals surface area contributed by atoms with E-state index in [4.69, 9.17) is 10.5 Å². The Bertz CT molecular complexity index is 344. The summed E-state index contributed by atoms with van der Waals surface area (Å²) in [6, 6.07) is 2.49. The van der Waals surface area contributed by atoms with Gasteiger partial charge in [0.2, 0.25) is 0 Å². The van der Waals surface area contributed by atoms with Crippen LogP contribution in [0.3, 0.4) is 0 Å². The maximum atomic E-state index is 6.11.